The molecule has 2 aliphatic heterocycles. The zero-order chi connectivity index (χ0) is 39.2. The monoisotopic (exact) mass is 769 g/mol. The van der Waals surface area contributed by atoms with Gasteiger partial charge in [0.25, 0.3) is 0 Å². The van der Waals surface area contributed by atoms with Gasteiger partial charge in [0.05, 0.1) is 18.0 Å². The minimum atomic E-state index is -4.51. The summed E-state index contributed by atoms with van der Waals surface area (Å²) in [6.07, 6.45) is -4.92. The van der Waals surface area contributed by atoms with Gasteiger partial charge in [-0.3, -0.25) is 19.4 Å². The van der Waals surface area contributed by atoms with Crippen molar-refractivity contribution in [1.82, 2.24) is 24.9 Å². The molecule has 0 aliphatic carbocycles. The first-order valence-electron chi connectivity index (χ1n) is 18.6. The van der Waals surface area contributed by atoms with Crippen LogP contribution in [0.2, 0.25) is 5.02 Å². The predicted octanol–water partition coefficient (Wildman–Crippen LogP) is 7.50. The first-order valence-corrected chi connectivity index (χ1v) is 19.0. The molecule has 3 aromatic rings. The molecule has 13 heteroatoms. The van der Waals surface area contributed by atoms with E-state index in [1.807, 2.05) is 43.0 Å². The molecule has 0 spiro atoms. The van der Waals surface area contributed by atoms with Crippen LogP contribution in [0, 0.1) is 0 Å². The Labute approximate surface area is 321 Å². The van der Waals surface area contributed by atoms with E-state index in [9.17, 15) is 27.6 Å². The van der Waals surface area contributed by atoms with Crippen LogP contribution in [0.5, 0.6) is 0 Å². The third kappa shape index (κ3) is 10.3. The van der Waals surface area contributed by atoms with E-state index >= 15 is 0 Å². The lowest BCUT2D eigenvalue weighted by Crippen LogP contribution is -2.56. The van der Waals surface area contributed by atoms with Crippen molar-refractivity contribution in [2.24, 2.45) is 0 Å². The van der Waals surface area contributed by atoms with Crippen molar-refractivity contribution in [1.29, 1.82) is 0 Å². The number of nitrogens with zero attached hydrogens (tertiary/aromatic N) is 4. The zero-order valence-electron chi connectivity index (χ0n) is 31.7. The first kappa shape index (κ1) is 41.0. The average molecular weight is 770 g/mol. The fourth-order valence-electron chi connectivity index (χ4n) is 7.34. The maximum absolute atomic E-state index is 14.3. The Balaban J connectivity index is 1.34. The van der Waals surface area contributed by atoms with Gasteiger partial charge < -0.3 is 19.9 Å². The molecule has 3 aromatic carbocycles. The predicted molar refractivity (Wildman–Crippen MR) is 203 cm³/mol. The maximum Gasteiger partial charge on any atom is 0.416 e. The lowest BCUT2D eigenvalue weighted by atomic mass is 9.97. The second-order valence-electron chi connectivity index (χ2n) is 14.9. The minimum absolute atomic E-state index is 0.0833. The summed E-state index contributed by atoms with van der Waals surface area (Å²) in [5.41, 5.74) is 1.40. The van der Waals surface area contributed by atoms with Crippen LogP contribution < -0.4 is 5.32 Å². The van der Waals surface area contributed by atoms with Gasteiger partial charge in [0, 0.05) is 56.8 Å². The second kappa shape index (κ2) is 17.6. The molecule has 9 nitrogen and oxygen atoms in total. The number of carbonyl (C=O) groups excluding carboxylic acids is 3. The SMILES string of the molecule is CCN(CC)CC(c1ccccc1C(F)(F)F)N1CCN(C(=O)[C@@H](Cc2ccc(Cl)cc2)NC(=O)CC2c3ccccc3CN2C(=O)OC(C)(C)C)CC1. The number of benzene rings is 3. The molecule has 3 atom stereocenters. The van der Waals surface area contributed by atoms with Crippen molar-refractivity contribution >= 4 is 29.5 Å². The molecule has 0 radical (unpaired) electrons. The summed E-state index contributed by atoms with van der Waals surface area (Å²) >= 11 is 6.14. The van der Waals surface area contributed by atoms with Crippen LogP contribution in [0.4, 0.5) is 18.0 Å². The van der Waals surface area contributed by atoms with Crippen molar-refractivity contribution in [3.05, 3.63) is 106 Å². The van der Waals surface area contributed by atoms with E-state index in [0.717, 1.165) is 22.8 Å². The summed E-state index contributed by atoms with van der Waals surface area (Å²) in [6.45, 7) is 12.7. The van der Waals surface area contributed by atoms with Gasteiger partial charge in [-0.2, -0.15) is 13.2 Å². The molecule has 0 bridgehead atoms. The van der Waals surface area contributed by atoms with Crippen LogP contribution in [0.3, 0.4) is 0 Å². The lowest BCUT2D eigenvalue weighted by molar-refractivity contribution is -0.139. The number of likely N-dealkylation sites (N-methyl/N-ethyl adjacent to an activating group) is 1. The van der Waals surface area contributed by atoms with Crippen LogP contribution in [0.25, 0.3) is 0 Å². The number of carbonyl (C=O) groups is 3. The summed E-state index contributed by atoms with van der Waals surface area (Å²) in [4.78, 5) is 48.8. The van der Waals surface area contributed by atoms with Crippen molar-refractivity contribution in [2.75, 3.05) is 45.8 Å². The number of fused-ring (bicyclic) bond motifs is 1. The fraction of sp³-hybridized carbons (Fsp3) is 0.488. The quantitative estimate of drug-likeness (QED) is 0.206. The third-order valence-corrected chi connectivity index (χ3v) is 10.4. The van der Waals surface area contributed by atoms with Crippen LogP contribution in [-0.4, -0.2) is 95.0 Å². The summed E-state index contributed by atoms with van der Waals surface area (Å²) in [5, 5.41) is 3.52. The van der Waals surface area contributed by atoms with Gasteiger partial charge in [-0.15, -0.1) is 0 Å². The second-order valence-corrected chi connectivity index (χ2v) is 15.4. The van der Waals surface area contributed by atoms with E-state index in [0.29, 0.717) is 44.3 Å². The number of rotatable bonds is 12. The van der Waals surface area contributed by atoms with Crippen LogP contribution in [-0.2, 0) is 33.5 Å². The Hall–Kier alpha value is -4.13. The van der Waals surface area contributed by atoms with Gasteiger partial charge in [-0.25, -0.2) is 4.79 Å². The zero-order valence-corrected chi connectivity index (χ0v) is 32.4. The fourth-order valence-corrected chi connectivity index (χ4v) is 7.47. The van der Waals surface area contributed by atoms with Crippen LogP contribution in [0.1, 0.15) is 80.9 Å². The van der Waals surface area contributed by atoms with Gasteiger partial charge >= 0.3 is 12.3 Å². The van der Waals surface area contributed by atoms with E-state index in [-0.39, 0.29) is 37.4 Å². The summed E-state index contributed by atoms with van der Waals surface area (Å²) in [5.74, 6) is -0.691. The Morgan fingerprint density at radius 2 is 1.54 bits per heavy atom. The maximum atomic E-state index is 14.3. The lowest BCUT2D eigenvalue weighted by Gasteiger charge is -2.42. The topological polar surface area (TPSA) is 85.4 Å². The number of amides is 3. The van der Waals surface area contributed by atoms with Gasteiger partial charge in [-0.1, -0.05) is 80.0 Å². The molecule has 5 rings (SSSR count). The first-order chi connectivity index (χ1) is 25.6. The average Bonchev–Trinajstić information content (AvgIpc) is 3.50. The minimum Gasteiger partial charge on any atom is -0.444 e. The normalized spacial score (nSPS) is 17.6. The van der Waals surface area contributed by atoms with Crippen molar-refractivity contribution in [3.63, 3.8) is 0 Å². The Kier molecular flexibility index (Phi) is 13.3. The molecule has 2 unspecified atom stereocenters. The van der Waals surface area contributed by atoms with Crippen LogP contribution >= 0.6 is 11.6 Å². The third-order valence-electron chi connectivity index (χ3n) is 10.1. The van der Waals surface area contributed by atoms with Crippen molar-refractivity contribution in [2.45, 2.75) is 83.9 Å². The molecule has 54 heavy (non-hydrogen) atoms. The number of halogens is 4. The van der Waals surface area contributed by atoms with Crippen molar-refractivity contribution < 1.29 is 32.3 Å². The molecule has 1 fully saturated rings. The highest BCUT2D eigenvalue weighted by atomic mass is 35.5. The number of hydrogen-bond acceptors (Lipinski definition) is 6. The van der Waals surface area contributed by atoms with E-state index < -0.39 is 47.5 Å². The molecule has 0 aromatic heterocycles. The number of hydrogen-bond donors (Lipinski definition) is 1. The largest absolute Gasteiger partial charge is 0.444 e. The number of alkyl halides is 3. The molecule has 2 heterocycles. The highest BCUT2D eigenvalue weighted by Gasteiger charge is 2.40. The highest BCUT2D eigenvalue weighted by molar-refractivity contribution is 6.30. The smallest absolute Gasteiger partial charge is 0.416 e. The molecular weight excluding hydrogens is 719 g/mol. The van der Waals surface area contributed by atoms with Gasteiger partial charge in [0.2, 0.25) is 11.8 Å². The van der Waals surface area contributed by atoms with E-state index in [4.69, 9.17) is 16.3 Å². The highest BCUT2D eigenvalue weighted by Crippen LogP contribution is 2.38. The molecule has 0 saturated carbocycles. The Morgan fingerprint density at radius 3 is 2.17 bits per heavy atom. The van der Waals surface area contributed by atoms with Gasteiger partial charge in [0.1, 0.15) is 11.6 Å². The number of piperazine rings is 1. The van der Waals surface area contributed by atoms with E-state index in [1.165, 1.54) is 6.07 Å². The van der Waals surface area contributed by atoms with Crippen molar-refractivity contribution in [3.8, 4) is 0 Å². The Morgan fingerprint density at radius 1 is 0.907 bits per heavy atom. The molecular formula is C41H51ClF3N5O4. The molecule has 2 aliphatic rings. The Bertz CT molecular complexity index is 1750. The van der Waals surface area contributed by atoms with E-state index in [1.54, 1.807) is 67.0 Å². The van der Waals surface area contributed by atoms with Gasteiger partial charge in [0.15, 0.2) is 0 Å². The summed E-state index contributed by atoms with van der Waals surface area (Å²) in [6, 6.07) is 18.3. The molecule has 1 N–H and O–H groups in total. The number of nitrogens with one attached hydrogen (secondary N) is 1. The molecule has 3 amide bonds. The molecule has 292 valence electrons. The molecule has 1 saturated heterocycles. The number of ether oxygens (including phenoxy) is 1. The summed E-state index contributed by atoms with van der Waals surface area (Å²) < 4.78 is 48.3. The van der Waals surface area contributed by atoms with Crippen LogP contribution in [0.15, 0.2) is 72.8 Å². The summed E-state index contributed by atoms with van der Waals surface area (Å²) in [7, 11) is 0. The van der Waals surface area contributed by atoms with E-state index in [2.05, 4.69) is 10.2 Å². The standard InChI is InChI=1S/C41H51ClF3N5O4/c1-6-47(7-2)27-36(32-14-10-11-15-33(32)41(43,44)45)48-20-22-49(23-21-48)38(52)34(24-28-16-18-30(42)19-17-28)46-37(51)25-35-31-13-9-8-12-29(31)26-50(35)39(53)54-40(3,4)5/h8-19,34-36H,6-7,20-27H2,1-5H3,(H,46,51)/t34-,35?,36?/m1/s1. The van der Waals surface area contributed by atoms with Gasteiger partial charge in [-0.05, 0) is 74.3 Å².